The first-order valence-electron chi connectivity index (χ1n) is 12.1. The van der Waals surface area contributed by atoms with E-state index in [-0.39, 0.29) is 17.5 Å². The number of aromatic carboxylic acids is 1. The molecule has 1 N–H and O–H groups in total. The van der Waals surface area contributed by atoms with Crippen molar-refractivity contribution in [3.63, 3.8) is 0 Å². The van der Waals surface area contributed by atoms with Crippen LogP contribution in [0.15, 0.2) is 77.7 Å². The number of carboxylic acid groups (broad SMARTS) is 1. The summed E-state index contributed by atoms with van der Waals surface area (Å²) in [5, 5.41) is 24.3. The largest absolute Gasteiger partial charge is 0.477 e. The number of ether oxygens (including phenoxy) is 1. The van der Waals surface area contributed by atoms with Gasteiger partial charge in [-0.15, -0.1) is 5.10 Å². The number of nitriles is 1. The number of aromatic nitrogens is 4. The number of rotatable bonds is 6. The molecule has 0 unspecified atom stereocenters. The van der Waals surface area contributed by atoms with Gasteiger partial charge in [0, 0.05) is 42.4 Å². The average molecular weight is 507 g/mol. The number of carbonyl (C=O) groups is 1. The van der Waals surface area contributed by atoms with Gasteiger partial charge in [-0.2, -0.15) is 5.26 Å². The van der Waals surface area contributed by atoms with E-state index in [2.05, 4.69) is 26.0 Å². The molecule has 0 spiro atoms. The highest BCUT2D eigenvalue weighted by Gasteiger charge is 2.24. The minimum absolute atomic E-state index is 0.0832. The van der Waals surface area contributed by atoms with Crippen LogP contribution in [0.5, 0.6) is 11.6 Å². The van der Waals surface area contributed by atoms with Gasteiger partial charge in [0.1, 0.15) is 12.1 Å². The van der Waals surface area contributed by atoms with Crippen LogP contribution in [0.1, 0.15) is 23.3 Å². The van der Waals surface area contributed by atoms with Gasteiger partial charge in [-0.3, -0.25) is 0 Å². The third kappa shape index (κ3) is 4.30. The molecule has 6 rings (SSSR count). The second-order valence-electron chi connectivity index (χ2n) is 8.97. The van der Waals surface area contributed by atoms with E-state index in [0.717, 1.165) is 31.7 Å². The minimum Gasteiger partial charge on any atom is -0.477 e. The quantitative estimate of drug-likeness (QED) is 0.326. The zero-order valence-corrected chi connectivity index (χ0v) is 20.2. The number of piperidine rings is 1. The molecule has 0 amide bonds. The molecule has 5 aromatic rings. The molecule has 10 nitrogen and oxygen atoms in total. The predicted octanol–water partition coefficient (Wildman–Crippen LogP) is 5.31. The maximum absolute atomic E-state index is 12.1. The molecule has 4 aromatic heterocycles. The first kappa shape index (κ1) is 23.2. The molecule has 1 fully saturated rings. The van der Waals surface area contributed by atoms with E-state index in [0.29, 0.717) is 33.6 Å². The molecular weight excluding hydrogens is 484 g/mol. The van der Waals surface area contributed by atoms with Gasteiger partial charge in [-0.05, 0) is 43.2 Å². The molecule has 38 heavy (non-hydrogen) atoms. The first-order valence-corrected chi connectivity index (χ1v) is 12.1. The molecule has 1 aliphatic heterocycles. The third-order valence-corrected chi connectivity index (χ3v) is 6.60. The van der Waals surface area contributed by atoms with Gasteiger partial charge in [-0.25, -0.2) is 19.4 Å². The monoisotopic (exact) mass is 506 g/mol. The topological polar surface area (TPSA) is 130 Å². The SMILES string of the molecule is N#CC1CCN(c2ccc(-c3cc(C(=O)O)nc4c3c(Oc3ccoc3)nn4-c3ccccc3)cn2)CC1. The molecular formula is C28H22N6O4. The predicted molar refractivity (Wildman–Crippen MR) is 138 cm³/mol. The minimum atomic E-state index is -1.16. The summed E-state index contributed by atoms with van der Waals surface area (Å²) < 4.78 is 12.8. The summed E-state index contributed by atoms with van der Waals surface area (Å²) in [7, 11) is 0. The zero-order valence-electron chi connectivity index (χ0n) is 20.2. The summed E-state index contributed by atoms with van der Waals surface area (Å²) in [6.45, 7) is 1.53. The van der Waals surface area contributed by atoms with Gasteiger partial charge >= 0.3 is 5.97 Å². The molecule has 188 valence electrons. The Kier molecular flexibility index (Phi) is 5.94. The summed E-state index contributed by atoms with van der Waals surface area (Å²) in [5.41, 5.74) is 2.19. The Morgan fingerprint density at radius 2 is 1.95 bits per heavy atom. The molecule has 1 saturated heterocycles. The molecule has 10 heteroatoms. The van der Waals surface area contributed by atoms with Crippen molar-refractivity contribution >= 4 is 22.8 Å². The van der Waals surface area contributed by atoms with Crippen LogP contribution in [0, 0.1) is 17.2 Å². The van der Waals surface area contributed by atoms with Crippen LogP contribution in [0.25, 0.3) is 27.8 Å². The number of carboxylic acids is 1. The van der Waals surface area contributed by atoms with Crippen molar-refractivity contribution < 1.29 is 19.1 Å². The fourth-order valence-electron chi connectivity index (χ4n) is 4.63. The van der Waals surface area contributed by atoms with Crippen molar-refractivity contribution in [1.29, 1.82) is 5.26 Å². The highest BCUT2D eigenvalue weighted by molar-refractivity contribution is 6.01. The third-order valence-electron chi connectivity index (χ3n) is 6.60. The van der Waals surface area contributed by atoms with Gasteiger partial charge in [0.05, 0.1) is 23.4 Å². The van der Waals surface area contributed by atoms with Crippen molar-refractivity contribution in [3.05, 3.63) is 79.0 Å². The molecule has 0 bridgehead atoms. The van der Waals surface area contributed by atoms with Gasteiger partial charge in [-0.1, -0.05) is 18.2 Å². The highest BCUT2D eigenvalue weighted by atomic mass is 16.5. The van der Waals surface area contributed by atoms with Crippen molar-refractivity contribution in [3.8, 4) is 34.5 Å². The maximum Gasteiger partial charge on any atom is 0.354 e. The van der Waals surface area contributed by atoms with Gasteiger partial charge in [0.25, 0.3) is 0 Å². The number of para-hydroxylation sites is 1. The Labute approximate surface area is 217 Å². The highest BCUT2D eigenvalue weighted by Crippen LogP contribution is 2.38. The normalized spacial score (nSPS) is 13.9. The van der Waals surface area contributed by atoms with E-state index < -0.39 is 5.97 Å². The van der Waals surface area contributed by atoms with Crippen LogP contribution in [0.4, 0.5) is 5.82 Å². The molecule has 0 radical (unpaired) electrons. The molecule has 0 saturated carbocycles. The lowest BCUT2D eigenvalue weighted by atomic mass is 9.98. The van der Waals surface area contributed by atoms with Crippen LogP contribution in [-0.2, 0) is 0 Å². The second kappa shape index (κ2) is 9.71. The number of nitrogens with zero attached hydrogens (tertiary/aromatic N) is 6. The molecule has 1 aliphatic rings. The lowest BCUT2D eigenvalue weighted by Crippen LogP contribution is -2.33. The Hall–Kier alpha value is -5.17. The Morgan fingerprint density at radius 3 is 2.61 bits per heavy atom. The maximum atomic E-state index is 12.1. The van der Waals surface area contributed by atoms with Crippen molar-refractivity contribution in [2.45, 2.75) is 12.8 Å². The number of furan rings is 1. The summed E-state index contributed by atoms with van der Waals surface area (Å²) in [5.74, 6) is 0.444. The number of pyridine rings is 2. The van der Waals surface area contributed by atoms with E-state index >= 15 is 0 Å². The Morgan fingerprint density at radius 1 is 1.13 bits per heavy atom. The van der Waals surface area contributed by atoms with Crippen molar-refractivity contribution in [1.82, 2.24) is 19.7 Å². The zero-order chi connectivity index (χ0) is 26.1. The smallest absolute Gasteiger partial charge is 0.354 e. The van der Waals surface area contributed by atoms with Crippen LogP contribution in [0.3, 0.4) is 0 Å². The summed E-state index contributed by atoms with van der Waals surface area (Å²) in [6, 6.07) is 18.7. The summed E-state index contributed by atoms with van der Waals surface area (Å²) in [4.78, 5) is 23.3. The number of anilines is 1. The van der Waals surface area contributed by atoms with Crippen LogP contribution >= 0.6 is 0 Å². The Balaban J connectivity index is 1.49. The van der Waals surface area contributed by atoms with Crippen molar-refractivity contribution in [2.75, 3.05) is 18.0 Å². The van der Waals surface area contributed by atoms with E-state index in [1.807, 2.05) is 42.5 Å². The molecule has 1 aromatic carbocycles. The van der Waals surface area contributed by atoms with Crippen LogP contribution < -0.4 is 9.64 Å². The lowest BCUT2D eigenvalue weighted by Gasteiger charge is -2.30. The van der Waals surface area contributed by atoms with E-state index in [9.17, 15) is 15.2 Å². The van der Waals surface area contributed by atoms with Gasteiger partial charge in [0.15, 0.2) is 17.1 Å². The summed E-state index contributed by atoms with van der Waals surface area (Å²) in [6.07, 6.45) is 6.28. The second-order valence-corrected chi connectivity index (χ2v) is 8.97. The fraction of sp³-hybridized carbons (Fsp3) is 0.179. The fourth-order valence-corrected chi connectivity index (χ4v) is 4.63. The van der Waals surface area contributed by atoms with Crippen LogP contribution in [0.2, 0.25) is 0 Å². The Bertz CT molecular complexity index is 1630. The van der Waals surface area contributed by atoms with E-state index in [1.54, 1.807) is 16.9 Å². The lowest BCUT2D eigenvalue weighted by molar-refractivity contribution is 0.0691. The molecule has 0 aliphatic carbocycles. The van der Waals surface area contributed by atoms with Gasteiger partial charge < -0.3 is 19.2 Å². The molecule has 5 heterocycles. The summed E-state index contributed by atoms with van der Waals surface area (Å²) >= 11 is 0. The number of hydrogen-bond acceptors (Lipinski definition) is 8. The van der Waals surface area contributed by atoms with Crippen LogP contribution in [-0.4, -0.2) is 43.9 Å². The van der Waals surface area contributed by atoms with Crippen molar-refractivity contribution in [2.24, 2.45) is 5.92 Å². The standard InChI is InChI=1S/C28H22N6O4/c29-15-18-8-11-33(12-9-18)24-7-6-19(16-30-24)22-14-23(28(35)36)31-26-25(22)27(38-21-10-13-37-17-21)32-34(26)20-4-2-1-3-5-20/h1-7,10,13-14,16-18H,8-9,11-12H2,(H,35,36). The number of hydrogen-bond donors (Lipinski definition) is 1. The van der Waals surface area contributed by atoms with E-state index in [4.69, 9.17) is 9.15 Å². The first-order chi connectivity index (χ1) is 18.6. The average Bonchev–Trinajstić information content (AvgIpc) is 3.61. The number of fused-ring (bicyclic) bond motifs is 1. The molecule has 0 atom stereocenters. The van der Waals surface area contributed by atoms with E-state index in [1.165, 1.54) is 18.6 Å². The van der Waals surface area contributed by atoms with Gasteiger partial charge in [0.2, 0.25) is 5.88 Å². The number of benzene rings is 1.